The lowest BCUT2D eigenvalue weighted by molar-refractivity contribution is 0.343. The second-order valence-electron chi connectivity index (χ2n) is 4.73. The van der Waals surface area contributed by atoms with Crippen molar-refractivity contribution in [3.63, 3.8) is 0 Å². The van der Waals surface area contributed by atoms with E-state index in [9.17, 15) is 8.42 Å². The van der Waals surface area contributed by atoms with Crippen molar-refractivity contribution in [3.8, 4) is 5.75 Å². The molecule has 0 atom stereocenters. The van der Waals surface area contributed by atoms with E-state index in [0.717, 1.165) is 11.7 Å². The van der Waals surface area contributed by atoms with Gasteiger partial charge in [-0.15, -0.1) is 5.10 Å². The van der Waals surface area contributed by atoms with E-state index in [0.29, 0.717) is 18.1 Å². The maximum atomic E-state index is 12.0. The Morgan fingerprint density at radius 1 is 1.26 bits per heavy atom. The monoisotopic (exact) mass is 357 g/mol. The molecule has 0 aliphatic heterocycles. The number of aromatic nitrogens is 4. The SMILES string of the molecule is CCn1nnnc1SCCOc1ccc(S(=O)(=O)N(C)C)cc1. The molecule has 126 valence electrons. The fourth-order valence-electron chi connectivity index (χ4n) is 1.71. The largest absolute Gasteiger partial charge is 0.493 e. The Balaban J connectivity index is 1.85. The van der Waals surface area contributed by atoms with Crippen molar-refractivity contribution in [2.45, 2.75) is 23.5 Å². The number of hydrogen-bond acceptors (Lipinski definition) is 7. The minimum Gasteiger partial charge on any atom is -0.493 e. The van der Waals surface area contributed by atoms with Gasteiger partial charge >= 0.3 is 0 Å². The summed E-state index contributed by atoms with van der Waals surface area (Å²) in [5.41, 5.74) is 0. The number of ether oxygens (including phenoxy) is 1. The van der Waals surface area contributed by atoms with Crippen LogP contribution in [-0.2, 0) is 16.6 Å². The Bertz CT molecular complexity index is 728. The Labute approximate surface area is 139 Å². The highest BCUT2D eigenvalue weighted by Gasteiger charge is 2.16. The lowest BCUT2D eigenvalue weighted by Gasteiger charge is -2.12. The first-order chi connectivity index (χ1) is 10.9. The van der Waals surface area contributed by atoms with Crippen molar-refractivity contribution in [1.82, 2.24) is 24.5 Å². The fourth-order valence-corrected chi connectivity index (χ4v) is 3.37. The number of nitrogens with zero attached hydrogens (tertiary/aromatic N) is 5. The van der Waals surface area contributed by atoms with Crippen molar-refractivity contribution in [2.75, 3.05) is 26.5 Å². The van der Waals surface area contributed by atoms with E-state index in [1.165, 1.54) is 42.3 Å². The van der Waals surface area contributed by atoms with E-state index < -0.39 is 10.0 Å². The molecule has 2 aromatic rings. The first-order valence-corrected chi connectivity index (χ1v) is 9.42. The molecule has 0 bridgehead atoms. The Hall–Kier alpha value is -1.65. The maximum absolute atomic E-state index is 12.0. The van der Waals surface area contributed by atoms with Crippen molar-refractivity contribution in [3.05, 3.63) is 24.3 Å². The Morgan fingerprint density at radius 3 is 2.57 bits per heavy atom. The van der Waals surface area contributed by atoms with Crippen LogP contribution >= 0.6 is 11.8 Å². The third-order valence-electron chi connectivity index (χ3n) is 2.98. The fraction of sp³-hybridized carbons (Fsp3) is 0.462. The molecule has 0 N–H and O–H groups in total. The van der Waals surface area contributed by atoms with Crippen molar-refractivity contribution >= 4 is 21.8 Å². The first-order valence-electron chi connectivity index (χ1n) is 6.99. The summed E-state index contributed by atoms with van der Waals surface area (Å²) in [6, 6.07) is 6.37. The van der Waals surface area contributed by atoms with E-state index in [2.05, 4.69) is 15.5 Å². The van der Waals surface area contributed by atoms with Gasteiger partial charge < -0.3 is 4.74 Å². The van der Waals surface area contributed by atoms with Crippen molar-refractivity contribution in [1.29, 1.82) is 0 Å². The van der Waals surface area contributed by atoms with Gasteiger partial charge in [0.2, 0.25) is 15.2 Å². The number of hydrogen-bond donors (Lipinski definition) is 0. The lowest BCUT2D eigenvalue weighted by Crippen LogP contribution is -2.22. The molecular formula is C13H19N5O3S2. The molecule has 0 saturated heterocycles. The van der Waals surface area contributed by atoms with Gasteiger partial charge in [0.1, 0.15) is 5.75 Å². The minimum absolute atomic E-state index is 0.242. The molecule has 0 saturated carbocycles. The summed E-state index contributed by atoms with van der Waals surface area (Å²) < 4.78 is 32.4. The van der Waals surface area contributed by atoms with Crippen molar-refractivity contribution < 1.29 is 13.2 Å². The zero-order valence-electron chi connectivity index (χ0n) is 13.2. The normalized spacial score (nSPS) is 11.8. The van der Waals surface area contributed by atoms with Gasteiger partial charge in [0.05, 0.1) is 11.5 Å². The van der Waals surface area contributed by atoms with Crippen LogP contribution in [0, 0.1) is 0 Å². The first kappa shape index (κ1) is 17.7. The molecule has 0 spiro atoms. The van der Waals surface area contributed by atoms with Crippen LogP contribution in [-0.4, -0.2) is 59.4 Å². The highest BCUT2D eigenvalue weighted by Crippen LogP contribution is 2.19. The molecule has 1 aromatic heterocycles. The highest BCUT2D eigenvalue weighted by atomic mass is 32.2. The third kappa shape index (κ3) is 4.43. The molecule has 0 aliphatic rings. The summed E-state index contributed by atoms with van der Waals surface area (Å²) in [5, 5.41) is 12.1. The number of thioether (sulfide) groups is 1. The van der Waals surface area contributed by atoms with Gasteiger partial charge in [-0.2, -0.15) is 0 Å². The Morgan fingerprint density at radius 2 is 1.96 bits per heavy atom. The van der Waals surface area contributed by atoms with Crippen LogP contribution < -0.4 is 4.74 Å². The van der Waals surface area contributed by atoms with E-state index >= 15 is 0 Å². The van der Waals surface area contributed by atoms with Gasteiger partial charge in [-0.1, -0.05) is 11.8 Å². The van der Waals surface area contributed by atoms with Crippen molar-refractivity contribution in [2.24, 2.45) is 0 Å². The van der Waals surface area contributed by atoms with Gasteiger partial charge in [-0.25, -0.2) is 17.4 Å². The summed E-state index contributed by atoms with van der Waals surface area (Å²) in [6.45, 7) is 3.17. The lowest BCUT2D eigenvalue weighted by atomic mass is 10.3. The second kappa shape index (κ2) is 7.75. The van der Waals surface area contributed by atoms with Crippen LogP contribution in [0.3, 0.4) is 0 Å². The average Bonchev–Trinajstić information content (AvgIpc) is 2.99. The van der Waals surface area contributed by atoms with E-state index in [1.807, 2.05) is 6.92 Å². The molecule has 1 aromatic carbocycles. The van der Waals surface area contributed by atoms with Crippen LogP contribution in [0.15, 0.2) is 34.3 Å². The van der Waals surface area contributed by atoms with E-state index in [-0.39, 0.29) is 4.90 Å². The molecule has 10 heteroatoms. The van der Waals surface area contributed by atoms with Gasteiger partial charge in [-0.3, -0.25) is 0 Å². The predicted octanol–water partition coefficient (Wildman–Crippen LogP) is 1.11. The van der Waals surface area contributed by atoms with Crippen LogP contribution in [0.4, 0.5) is 0 Å². The van der Waals surface area contributed by atoms with Crippen LogP contribution in [0.5, 0.6) is 5.75 Å². The summed E-state index contributed by atoms with van der Waals surface area (Å²) in [4.78, 5) is 0.242. The van der Waals surface area contributed by atoms with E-state index in [4.69, 9.17) is 4.74 Å². The Kier molecular flexibility index (Phi) is 5.97. The van der Waals surface area contributed by atoms with Gasteiger partial charge in [-0.05, 0) is 41.6 Å². The molecule has 2 rings (SSSR count). The van der Waals surface area contributed by atoms with Gasteiger partial charge in [0, 0.05) is 26.4 Å². The van der Waals surface area contributed by atoms with Crippen LogP contribution in [0.1, 0.15) is 6.92 Å². The molecule has 0 aliphatic carbocycles. The smallest absolute Gasteiger partial charge is 0.242 e. The number of sulfonamides is 1. The summed E-state index contributed by atoms with van der Waals surface area (Å²) in [6.07, 6.45) is 0. The molecule has 0 amide bonds. The number of benzene rings is 1. The average molecular weight is 357 g/mol. The molecule has 23 heavy (non-hydrogen) atoms. The topological polar surface area (TPSA) is 90.2 Å². The second-order valence-corrected chi connectivity index (χ2v) is 7.95. The molecule has 0 fully saturated rings. The minimum atomic E-state index is -3.41. The van der Waals surface area contributed by atoms with Crippen LogP contribution in [0.25, 0.3) is 0 Å². The highest BCUT2D eigenvalue weighted by molar-refractivity contribution is 7.99. The molecule has 1 heterocycles. The zero-order chi connectivity index (χ0) is 16.9. The molecule has 0 radical (unpaired) electrons. The van der Waals surface area contributed by atoms with Gasteiger partial charge in [0.25, 0.3) is 0 Å². The summed E-state index contributed by atoms with van der Waals surface area (Å²) >= 11 is 1.51. The number of aryl methyl sites for hydroxylation is 1. The molecule has 0 unspecified atom stereocenters. The summed E-state index contributed by atoms with van der Waals surface area (Å²) in [5.74, 6) is 1.32. The standard InChI is InChI=1S/C13H19N5O3S2/c1-4-18-13(14-15-16-18)22-10-9-21-11-5-7-12(8-6-11)23(19,20)17(2)3/h5-8H,4,9-10H2,1-3H3. The quantitative estimate of drug-likeness (QED) is 0.516. The number of rotatable bonds is 8. The zero-order valence-corrected chi connectivity index (χ0v) is 14.8. The molecular weight excluding hydrogens is 338 g/mol. The van der Waals surface area contributed by atoms with E-state index in [1.54, 1.807) is 16.8 Å². The summed E-state index contributed by atoms with van der Waals surface area (Å²) in [7, 11) is -0.406. The van der Waals surface area contributed by atoms with Crippen LogP contribution in [0.2, 0.25) is 0 Å². The number of tetrazole rings is 1. The maximum Gasteiger partial charge on any atom is 0.242 e. The van der Waals surface area contributed by atoms with Gasteiger partial charge in [0.15, 0.2) is 0 Å². The predicted molar refractivity (Wildman–Crippen MR) is 87.0 cm³/mol. The molecule has 8 nitrogen and oxygen atoms in total. The third-order valence-corrected chi connectivity index (χ3v) is 5.73.